The largest absolute Gasteiger partial charge is 0.481 e. The number of carbonyl (C=O) groups is 1. The summed E-state index contributed by atoms with van der Waals surface area (Å²) in [6.07, 6.45) is 6.36. The van der Waals surface area contributed by atoms with Gasteiger partial charge in [-0.2, -0.15) is 0 Å². The zero-order chi connectivity index (χ0) is 14.4. The van der Waals surface area contributed by atoms with Gasteiger partial charge in [0.1, 0.15) is 11.7 Å². The van der Waals surface area contributed by atoms with Gasteiger partial charge in [0.2, 0.25) is 0 Å². The molecule has 0 radical (unpaired) electrons. The maximum Gasteiger partial charge on any atom is 0.303 e. The van der Waals surface area contributed by atoms with Crippen molar-refractivity contribution in [3.8, 4) is 0 Å². The zero-order valence-electron chi connectivity index (χ0n) is 11.1. The Kier molecular flexibility index (Phi) is 4.71. The van der Waals surface area contributed by atoms with Gasteiger partial charge in [0.05, 0.1) is 6.61 Å². The third kappa shape index (κ3) is 3.79. The molecule has 1 aliphatic carbocycles. The van der Waals surface area contributed by atoms with Crippen molar-refractivity contribution in [2.24, 2.45) is 0 Å². The second-order valence-electron chi connectivity index (χ2n) is 4.85. The molecule has 0 spiro atoms. The van der Waals surface area contributed by atoms with E-state index < -0.39 is 17.7 Å². The molecule has 0 saturated heterocycles. The average Bonchev–Trinajstić information content (AvgIpc) is 2.46. The van der Waals surface area contributed by atoms with Crippen LogP contribution in [0, 0.1) is 0 Å². The first kappa shape index (κ1) is 14.5. The molecule has 1 aliphatic rings. The molecule has 2 atom stereocenters. The maximum atomic E-state index is 10.7. The predicted octanol–water partition coefficient (Wildman–Crippen LogP) is 2.29. The van der Waals surface area contributed by atoms with Crippen molar-refractivity contribution in [3.63, 3.8) is 0 Å². The summed E-state index contributed by atoms with van der Waals surface area (Å²) in [6.45, 7) is 0.374. The molecule has 0 aromatic heterocycles. The lowest BCUT2D eigenvalue weighted by Crippen LogP contribution is -2.42. The van der Waals surface area contributed by atoms with E-state index in [4.69, 9.17) is 9.84 Å². The quantitative estimate of drug-likeness (QED) is 0.835. The fraction of sp³-hybridized carbons (Fsp3) is 0.312. The van der Waals surface area contributed by atoms with E-state index in [9.17, 15) is 9.90 Å². The Balaban J connectivity index is 1.99. The molecule has 106 valence electrons. The molecule has 1 aromatic carbocycles. The highest BCUT2D eigenvalue weighted by Crippen LogP contribution is 2.27. The predicted molar refractivity (Wildman–Crippen MR) is 75.1 cm³/mol. The van der Waals surface area contributed by atoms with Crippen LogP contribution in [0.1, 0.15) is 18.4 Å². The third-order valence-corrected chi connectivity index (χ3v) is 3.29. The Labute approximate surface area is 118 Å². The van der Waals surface area contributed by atoms with E-state index >= 15 is 0 Å². The molecule has 0 bridgehead atoms. The van der Waals surface area contributed by atoms with Crippen LogP contribution in [-0.2, 0) is 16.1 Å². The number of allylic oxidation sites excluding steroid dienone is 2. The first-order valence-electron chi connectivity index (χ1n) is 6.56. The van der Waals surface area contributed by atoms with E-state index in [-0.39, 0.29) is 12.8 Å². The van der Waals surface area contributed by atoms with Gasteiger partial charge < -0.3 is 14.9 Å². The number of aliphatic hydroxyl groups is 1. The smallest absolute Gasteiger partial charge is 0.303 e. The minimum atomic E-state index is -1.26. The Bertz CT molecular complexity index is 506. The van der Waals surface area contributed by atoms with Gasteiger partial charge in [0.15, 0.2) is 0 Å². The van der Waals surface area contributed by atoms with Gasteiger partial charge >= 0.3 is 5.97 Å². The maximum absolute atomic E-state index is 10.7. The van der Waals surface area contributed by atoms with Crippen molar-refractivity contribution >= 4 is 5.97 Å². The van der Waals surface area contributed by atoms with Crippen molar-refractivity contribution in [3.05, 3.63) is 60.2 Å². The van der Waals surface area contributed by atoms with Crippen LogP contribution in [0.3, 0.4) is 0 Å². The fourth-order valence-corrected chi connectivity index (χ4v) is 2.14. The molecule has 0 heterocycles. The molecule has 4 heteroatoms. The van der Waals surface area contributed by atoms with Gasteiger partial charge in [-0.3, -0.25) is 4.79 Å². The molecule has 0 aliphatic heterocycles. The number of aliphatic carboxylic acids is 1. The molecule has 20 heavy (non-hydrogen) atoms. The van der Waals surface area contributed by atoms with Crippen molar-refractivity contribution in [2.45, 2.75) is 31.2 Å². The van der Waals surface area contributed by atoms with Crippen LogP contribution in [0.15, 0.2) is 54.6 Å². The summed E-state index contributed by atoms with van der Waals surface area (Å²) in [5.74, 6) is -0.928. The summed E-state index contributed by atoms with van der Waals surface area (Å²) < 4.78 is 5.74. The Morgan fingerprint density at radius 1 is 1.25 bits per heavy atom. The van der Waals surface area contributed by atoms with Crippen LogP contribution in [0.2, 0.25) is 0 Å². The van der Waals surface area contributed by atoms with Crippen LogP contribution in [0.4, 0.5) is 0 Å². The van der Waals surface area contributed by atoms with Crippen molar-refractivity contribution in [1.29, 1.82) is 0 Å². The van der Waals surface area contributed by atoms with Crippen molar-refractivity contribution < 1.29 is 19.7 Å². The van der Waals surface area contributed by atoms with Crippen molar-refractivity contribution in [2.75, 3.05) is 0 Å². The summed E-state index contributed by atoms with van der Waals surface area (Å²) in [6, 6.07) is 9.66. The monoisotopic (exact) mass is 274 g/mol. The number of carboxylic acid groups (broad SMARTS) is 1. The number of hydrogen-bond donors (Lipinski definition) is 2. The lowest BCUT2D eigenvalue weighted by atomic mass is 9.87. The topological polar surface area (TPSA) is 66.8 Å². The summed E-state index contributed by atoms with van der Waals surface area (Å²) >= 11 is 0. The number of hydrogen-bond acceptors (Lipinski definition) is 3. The van der Waals surface area contributed by atoms with Crippen LogP contribution < -0.4 is 0 Å². The first-order chi connectivity index (χ1) is 9.60. The van der Waals surface area contributed by atoms with Crippen LogP contribution in [0.5, 0.6) is 0 Å². The molecule has 2 rings (SSSR count). The molecule has 1 aromatic rings. The van der Waals surface area contributed by atoms with Gasteiger partial charge in [-0.1, -0.05) is 54.6 Å². The molecule has 4 nitrogen and oxygen atoms in total. The van der Waals surface area contributed by atoms with Crippen molar-refractivity contribution in [1.82, 2.24) is 0 Å². The highest BCUT2D eigenvalue weighted by Gasteiger charge is 2.35. The minimum Gasteiger partial charge on any atom is -0.481 e. The molecule has 2 unspecified atom stereocenters. The van der Waals surface area contributed by atoms with Crippen LogP contribution in [0.25, 0.3) is 0 Å². The summed E-state index contributed by atoms with van der Waals surface area (Å²) in [5, 5.41) is 19.3. The Morgan fingerprint density at radius 2 is 2.00 bits per heavy atom. The average molecular weight is 274 g/mol. The number of rotatable bonds is 6. The van der Waals surface area contributed by atoms with E-state index in [1.165, 1.54) is 0 Å². The van der Waals surface area contributed by atoms with Gasteiger partial charge in [-0.25, -0.2) is 0 Å². The highest BCUT2D eigenvalue weighted by atomic mass is 16.5. The molecule has 2 N–H and O–H groups in total. The SMILES string of the molecule is O=C(O)CCC1(O)C=CC=CC1OCc1ccccc1. The number of ether oxygens (including phenoxy) is 1. The van der Waals surface area contributed by atoms with E-state index in [1.807, 2.05) is 30.3 Å². The van der Waals surface area contributed by atoms with Crippen LogP contribution >= 0.6 is 0 Å². The second-order valence-corrected chi connectivity index (χ2v) is 4.85. The normalized spacial score (nSPS) is 24.8. The molecule has 0 fully saturated rings. The fourth-order valence-electron chi connectivity index (χ4n) is 2.14. The van der Waals surface area contributed by atoms with E-state index in [1.54, 1.807) is 24.3 Å². The van der Waals surface area contributed by atoms with Gasteiger partial charge in [0.25, 0.3) is 0 Å². The standard InChI is InChI=1S/C16H18O4/c17-15(18)9-11-16(19)10-5-4-8-14(16)20-12-13-6-2-1-3-7-13/h1-8,10,14,19H,9,11-12H2,(H,17,18). The lowest BCUT2D eigenvalue weighted by Gasteiger charge is -2.33. The molecular weight excluding hydrogens is 256 g/mol. The third-order valence-electron chi connectivity index (χ3n) is 3.29. The number of benzene rings is 1. The summed E-state index contributed by atoms with van der Waals surface area (Å²) in [5.41, 5.74) is -0.252. The van der Waals surface area contributed by atoms with E-state index in [0.29, 0.717) is 6.61 Å². The number of carboxylic acids is 1. The van der Waals surface area contributed by atoms with Crippen LogP contribution in [-0.4, -0.2) is 27.9 Å². The van der Waals surface area contributed by atoms with Gasteiger partial charge in [0, 0.05) is 6.42 Å². The Morgan fingerprint density at radius 3 is 2.70 bits per heavy atom. The molecule has 0 amide bonds. The summed E-state index contributed by atoms with van der Waals surface area (Å²) in [7, 11) is 0. The first-order valence-corrected chi connectivity index (χ1v) is 6.56. The summed E-state index contributed by atoms with van der Waals surface area (Å²) in [4.78, 5) is 10.7. The second kappa shape index (κ2) is 6.50. The van der Waals surface area contributed by atoms with E-state index in [0.717, 1.165) is 5.56 Å². The lowest BCUT2D eigenvalue weighted by molar-refractivity contribution is -0.139. The molecule has 0 saturated carbocycles. The minimum absolute atomic E-state index is 0.0973. The van der Waals surface area contributed by atoms with E-state index in [2.05, 4.69) is 0 Å². The van der Waals surface area contributed by atoms with Gasteiger partial charge in [-0.15, -0.1) is 0 Å². The highest BCUT2D eigenvalue weighted by molar-refractivity contribution is 5.66. The molecular formula is C16H18O4. The van der Waals surface area contributed by atoms with Gasteiger partial charge in [-0.05, 0) is 12.0 Å². The Hall–Kier alpha value is -1.91. The zero-order valence-corrected chi connectivity index (χ0v) is 11.1.